The van der Waals surface area contributed by atoms with Gasteiger partial charge in [-0.05, 0) is 32.6 Å². The molecule has 8 nitrogen and oxygen atoms in total. The normalized spacial score (nSPS) is 16.4. The van der Waals surface area contributed by atoms with E-state index in [1.165, 1.54) is 0 Å². The Morgan fingerprint density at radius 2 is 2.00 bits per heavy atom. The van der Waals surface area contributed by atoms with E-state index in [0.29, 0.717) is 18.0 Å². The minimum Gasteiger partial charge on any atom is -0.478 e. The van der Waals surface area contributed by atoms with Crippen molar-refractivity contribution in [3.63, 3.8) is 0 Å². The van der Waals surface area contributed by atoms with Crippen LogP contribution in [0.2, 0.25) is 0 Å². The highest BCUT2D eigenvalue weighted by atomic mass is 32.1. The topological polar surface area (TPSA) is 103 Å². The predicted molar refractivity (Wildman–Crippen MR) is 101 cm³/mol. The Bertz CT molecular complexity index is 662. The van der Waals surface area contributed by atoms with E-state index in [1.807, 2.05) is 19.2 Å². The number of carboxylic acids is 2. The van der Waals surface area contributed by atoms with Crippen LogP contribution >= 0.6 is 12.2 Å². The Labute approximate surface area is 157 Å². The minimum absolute atomic E-state index is 0.131. The lowest BCUT2D eigenvalue weighted by Gasteiger charge is -2.22. The highest BCUT2D eigenvalue weighted by molar-refractivity contribution is 7.80. The van der Waals surface area contributed by atoms with E-state index in [4.69, 9.17) is 27.2 Å². The third kappa shape index (κ3) is 7.58. The van der Waals surface area contributed by atoms with Crippen molar-refractivity contribution >= 4 is 29.1 Å². The fraction of sp³-hybridized carbons (Fsp3) is 0.412. The molecule has 26 heavy (non-hydrogen) atoms. The molecule has 0 bridgehead atoms. The lowest BCUT2D eigenvalue weighted by molar-refractivity contribution is -0.134. The van der Waals surface area contributed by atoms with Crippen molar-refractivity contribution < 1.29 is 24.5 Å². The van der Waals surface area contributed by atoms with Crippen molar-refractivity contribution in [2.45, 2.75) is 12.5 Å². The number of carboxylic acid groups (broad SMARTS) is 2. The molecule has 0 fully saturated rings. The third-order valence-electron chi connectivity index (χ3n) is 3.37. The number of thiocarbonyl (C=S) groups is 1. The molecule has 142 valence electrons. The van der Waals surface area contributed by atoms with Gasteiger partial charge < -0.3 is 24.7 Å². The number of fused-ring (bicyclic) bond motifs is 1. The van der Waals surface area contributed by atoms with Crippen LogP contribution in [0.1, 0.15) is 12.0 Å². The van der Waals surface area contributed by atoms with Crippen molar-refractivity contribution in [2.75, 3.05) is 34.2 Å². The van der Waals surface area contributed by atoms with Crippen molar-refractivity contribution in [2.24, 2.45) is 0 Å². The molecule has 1 aliphatic heterocycles. The Balaban J connectivity index is 0.000000359. The molecule has 1 atom stereocenters. The van der Waals surface area contributed by atoms with E-state index in [9.17, 15) is 9.59 Å². The molecule has 0 spiro atoms. The summed E-state index contributed by atoms with van der Waals surface area (Å²) >= 11 is 5.45. The number of aliphatic carboxylic acids is 2. The number of likely N-dealkylation sites (N-methyl/N-ethyl adjacent to an activating group) is 1. The highest BCUT2D eigenvalue weighted by Crippen LogP contribution is 2.23. The molecular formula is C17H23N3O5S. The van der Waals surface area contributed by atoms with Gasteiger partial charge in [-0.3, -0.25) is 0 Å². The van der Waals surface area contributed by atoms with Gasteiger partial charge in [0.2, 0.25) is 5.88 Å². The van der Waals surface area contributed by atoms with E-state index in [0.717, 1.165) is 30.1 Å². The first-order valence-corrected chi connectivity index (χ1v) is 8.27. The van der Waals surface area contributed by atoms with E-state index in [-0.39, 0.29) is 6.10 Å². The van der Waals surface area contributed by atoms with Gasteiger partial charge in [-0.1, -0.05) is 12.2 Å². The molecule has 0 aromatic carbocycles. The summed E-state index contributed by atoms with van der Waals surface area (Å²) in [6, 6.07) is 3.86. The van der Waals surface area contributed by atoms with Gasteiger partial charge in [0.05, 0.1) is 12.1 Å². The first kappa shape index (κ1) is 21.5. The van der Waals surface area contributed by atoms with Gasteiger partial charge in [-0.15, -0.1) is 0 Å². The maximum Gasteiger partial charge on any atom is 0.328 e. The summed E-state index contributed by atoms with van der Waals surface area (Å²) in [5.41, 5.74) is 0.919. The zero-order chi connectivity index (χ0) is 19.7. The summed E-state index contributed by atoms with van der Waals surface area (Å²) in [6.45, 7) is 1.80. The summed E-state index contributed by atoms with van der Waals surface area (Å²) in [5.74, 6) is -1.85. The van der Waals surface area contributed by atoms with Gasteiger partial charge >= 0.3 is 11.9 Å². The smallest absolute Gasteiger partial charge is 0.328 e. The minimum atomic E-state index is -1.26. The second kappa shape index (κ2) is 10.5. The average Bonchev–Trinajstić information content (AvgIpc) is 2.69. The molecular weight excluding hydrogens is 358 g/mol. The molecule has 2 rings (SSSR count). The molecule has 1 aliphatic rings. The zero-order valence-corrected chi connectivity index (χ0v) is 15.8. The van der Waals surface area contributed by atoms with Crippen LogP contribution in [0.4, 0.5) is 0 Å². The third-order valence-corrected chi connectivity index (χ3v) is 3.90. The molecule has 1 aromatic rings. The highest BCUT2D eigenvalue weighted by Gasteiger charge is 2.24. The molecule has 0 saturated carbocycles. The summed E-state index contributed by atoms with van der Waals surface area (Å²) in [4.78, 5) is 28.4. The molecule has 0 radical (unpaired) electrons. The fourth-order valence-electron chi connectivity index (χ4n) is 2.13. The average molecular weight is 381 g/mol. The molecule has 1 unspecified atom stereocenters. The summed E-state index contributed by atoms with van der Waals surface area (Å²) in [6.07, 6.45) is 3.96. The van der Waals surface area contributed by atoms with Gasteiger partial charge in [-0.25, -0.2) is 14.6 Å². The van der Waals surface area contributed by atoms with Crippen molar-refractivity contribution in [1.82, 2.24) is 14.8 Å². The van der Waals surface area contributed by atoms with E-state index in [2.05, 4.69) is 28.9 Å². The van der Waals surface area contributed by atoms with Crippen LogP contribution in [0, 0.1) is 0 Å². The number of carbonyl (C=O) groups is 2. The Hall–Kier alpha value is -2.52. The number of rotatable bonds is 5. The number of pyridine rings is 1. The second-order valence-electron chi connectivity index (χ2n) is 5.88. The van der Waals surface area contributed by atoms with Crippen LogP contribution in [0.25, 0.3) is 0 Å². The van der Waals surface area contributed by atoms with E-state index >= 15 is 0 Å². The van der Waals surface area contributed by atoms with E-state index < -0.39 is 11.9 Å². The quantitative estimate of drug-likeness (QED) is 0.573. The Kier molecular flexibility index (Phi) is 8.66. The lowest BCUT2D eigenvalue weighted by atomic mass is 10.2. The number of hydrogen-bond donors (Lipinski definition) is 2. The van der Waals surface area contributed by atoms with Crippen molar-refractivity contribution in [1.29, 1.82) is 0 Å². The van der Waals surface area contributed by atoms with Crippen molar-refractivity contribution in [3.8, 4) is 5.88 Å². The fourth-order valence-corrected chi connectivity index (χ4v) is 2.36. The number of nitrogens with zero attached hydrogens (tertiary/aromatic N) is 3. The van der Waals surface area contributed by atoms with Gasteiger partial charge in [0, 0.05) is 31.9 Å². The number of ether oxygens (including phenoxy) is 1. The van der Waals surface area contributed by atoms with Gasteiger partial charge in [0.1, 0.15) is 11.1 Å². The predicted octanol–water partition coefficient (Wildman–Crippen LogP) is 1.11. The Morgan fingerprint density at radius 1 is 1.38 bits per heavy atom. The molecule has 1 aromatic heterocycles. The molecule has 2 N–H and O–H groups in total. The molecule has 9 heteroatoms. The van der Waals surface area contributed by atoms with E-state index in [1.54, 1.807) is 6.20 Å². The first-order chi connectivity index (χ1) is 12.2. The number of hydrogen-bond acceptors (Lipinski definition) is 6. The molecule has 2 heterocycles. The maximum absolute atomic E-state index is 9.55. The summed E-state index contributed by atoms with van der Waals surface area (Å²) in [5, 5.41) is 15.6. The van der Waals surface area contributed by atoms with Crippen molar-refractivity contribution in [3.05, 3.63) is 36.0 Å². The van der Waals surface area contributed by atoms with Crippen LogP contribution in [0.3, 0.4) is 0 Å². The molecule has 0 amide bonds. The first-order valence-electron chi connectivity index (χ1n) is 7.86. The standard InChI is InChI=1S/C13H19N3OS.C4H4O4/c1-15(2)8-6-10-9-16(3)13(18)11-5-4-7-14-12(11)17-10;5-3(6)1-2-4(7)8/h4-5,7,10H,6,8-9H2,1-3H3;1-2H,(H,5,6)(H,7,8). The van der Waals surface area contributed by atoms with Crippen LogP contribution < -0.4 is 4.74 Å². The molecule has 0 aliphatic carbocycles. The largest absolute Gasteiger partial charge is 0.478 e. The monoisotopic (exact) mass is 381 g/mol. The lowest BCUT2D eigenvalue weighted by Crippen LogP contribution is -2.35. The van der Waals surface area contributed by atoms with Gasteiger partial charge in [0.15, 0.2) is 0 Å². The summed E-state index contributed by atoms with van der Waals surface area (Å²) in [7, 11) is 6.14. The zero-order valence-electron chi connectivity index (χ0n) is 15.0. The van der Waals surface area contributed by atoms with Gasteiger partial charge in [0.25, 0.3) is 0 Å². The Morgan fingerprint density at radius 3 is 2.54 bits per heavy atom. The summed E-state index contributed by atoms with van der Waals surface area (Å²) < 4.78 is 5.98. The maximum atomic E-state index is 9.55. The second-order valence-corrected chi connectivity index (χ2v) is 6.27. The van der Waals surface area contributed by atoms with Crippen LogP contribution in [-0.4, -0.2) is 82.3 Å². The number of aromatic nitrogens is 1. The van der Waals surface area contributed by atoms with Crippen LogP contribution in [0.15, 0.2) is 30.5 Å². The van der Waals surface area contributed by atoms with Gasteiger partial charge in [-0.2, -0.15) is 0 Å². The SMILES string of the molecule is CN(C)CCC1CN(C)C(=S)c2cccnc2O1.O=C(O)C=CC(=O)O. The van der Waals surface area contributed by atoms with Crippen LogP contribution in [0.5, 0.6) is 5.88 Å². The molecule has 0 saturated heterocycles. The van der Waals surface area contributed by atoms with Crippen LogP contribution in [-0.2, 0) is 9.59 Å².